The number of pyridine rings is 1. The van der Waals surface area contributed by atoms with E-state index in [1.54, 1.807) is 0 Å². The van der Waals surface area contributed by atoms with E-state index in [0.717, 1.165) is 15.7 Å². The highest BCUT2D eigenvalue weighted by Gasteiger charge is 2.53. The van der Waals surface area contributed by atoms with Crippen molar-refractivity contribution < 1.29 is 37.0 Å². The summed E-state index contributed by atoms with van der Waals surface area (Å²) in [6.07, 6.45) is 0.736. The number of ether oxygens (including phenoxy) is 1. The number of alkyl halides is 1. The van der Waals surface area contributed by atoms with Gasteiger partial charge in [0, 0.05) is 43.9 Å². The van der Waals surface area contributed by atoms with Gasteiger partial charge in [-0.3, -0.25) is 14.4 Å². The average molecular weight is 455 g/mol. The van der Waals surface area contributed by atoms with Crippen LogP contribution in [-0.4, -0.2) is 52.4 Å². The number of likely N-dealkylation sites (N-methyl/N-ethyl adjacent to an activating group) is 1. The van der Waals surface area contributed by atoms with Gasteiger partial charge in [0.25, 0.3) is 11.8 Å². The maximum Gasteiger partial charge on any atom is 0.276 e. The summed E-state index contributed by atoms with van der Waals surface area (Å²) in [6.45, 7) is -0.898. The molecule has 2 atom stereocenters. The van der Waals surface area contributed by atoms with Crippen LogP contribution >= 0.6 is 0 Å². The number of nitrogens with zero attached hydrogens (tertiary/aromatic N) is 2. The van der Waals surface area contributed by atoms with Gasteiger partial charge in [-0.2, -0.15) is 0 Å². The fourth-order valence-corrected chi connectivity index (χ4v) is 3.96. The molecule has 0 spiro atoms. The first-order valence-corrected chi connectivity index (χ1v) is 9.50. The summed E-state index contributed by atoms with van der Waals surface area (Å²) in [4.78, 5) is 38.6. The molecule has 0 bridgehead atoms. The second-order valence-electron chi connectivity index (χ2n) is 7.53. The normalized spacial score (nSPS) is 22.3. The fourth-order valence-electron chi connectivity index (χ4n) is 3.96. The molecule has 0 saturated carbocycles. The van der Waals surface area contributed by atoms with Crippen molar-refractivity contribution in [3.63, 3.8) is 0 Å². The molecule has 12 heteroatoms. The predicted octanol–water partition coefficient (Wildman–Crippen LogP) is 1.61. The molecule has 4 rings (SSSR count). The molecule has 0 aliphatic carbocycles. The van der Waals surface area contributed by atoms with Crippen LogP contribution in [0.3, 0.4) is 0 Å². The number of aromatic hydroxyl groups is 1. The van der Waals surface area contributed by atoms with Gasteiger partial charge in [-0.15, -0.1) is 0 Å². The molecule has 8 nitrogen and oxygen atoms in total. The van der Waals surface area contributed by atoms with E-state index in [1.165, 1.54) is 7.05 Å². The fraction of sp³-hybridized carbons (Fsp3) is 0.350. The van der Waals surface area contributed by atoms with Crippen LogP contribution < -0.4 is 10.7 Å². The van der Waals surface area contributed by atoms with E-state index in [0.29, 0.717) is 12.1 Å². The molecule has 2 amide bonds. The van der Waals surface area contributed by atoms with Crippen LogP contribution in [-0.2, 0) is 11.3 Å². The third-order valence-corrected chi connectivity index (χ3v) is 5.77. The van der Waals surface area contributed by atoms with Crippen LogP contribution in [0.1, 0.15) is 38.9 Å². The third-order valence-electron chi connectivity index (χ3n) is 5.77. The van der Waals surface area contributed by atoms with Gasteiger partial charge in [-0.25, -0.2) is 17.6 Å². The average Bonchev–Trinajstić information content (AvgIpc) is 2.73. The molecule has 3 heterocycles. The Bertz CT molecular complexity index is 1180. The first-order chi connectivity index (χ1) is 15.1. The minimum atomic E-state index is -2.18. The quantitative estimate of drug-likeness (QED) is 0.541. The van der Waals surface area contributed by atoms with E-state index in [1.807, 2.05) is 0 Å². The number of rotatable bonds is 3. The lowest BCUT2D eigenvalue weighted by Gasteiger charge is -2.48. The van der Waals surface area contributed by atoms with E-state index < -0.39 is 75.6 Å². The topological polar surface area (TPSA) is 101 Å². The van der Waals surface area contributed by atoms with Crippen LogP contribution in [0.4, 0.5) is 17.6 Å². The van der Waals surface area contributed by atoms with Crippen molar-refractivity contribution in [1.82, 2.24) is 14.8 Å². The summed E-state index contributed by atoms with van der Waals surface area (Å²) in [5.41, 5.74) is -3.06. The van der Waals surface area contributed by atoms with Crippen LogP contribution in [0.5, 0.6) is 5.75 Å². The molecule has 2 aromatic rings. The van der Waals surface area contributed by atoms with Gasteiger partial charge < -0.3 is 24.6 Å². The lowest BCUT2D eigenvalue weighted by molar-refractivity contribution is -0.130. The standard InChI is InChI=1S/C20H17F4N3O5/c1-26-19(31)15-17(29)16(28)11(7-27(15)14-8-32-3-2-20(14,26)24)18(30)25-6-10-12(22)4-9(21)5-13(10)23/h4-5,7,14,29H,2-3,6,8H2,1H3,(H,25,30)/t14-,20+/m0/s1. The molecule has 1 fully saturated rings. The zero-order valence-corrected chi connectivity index (χ0v) is 16.6. The number of amides is 2. The maximum atomic E-state index is 15.6. The number of aromatic nitrogens is 1. The number of fused-ring (bicyclic) bond motifs is 3. The number of benzene rings is 1. The van der Waals surface area contributed by atoms with Crippen LogP contribution in [0, 0.1) is 17.5 Å². The van der Waals surface area contributed by atoms with Gasteiger partial charge >= 0.3 is 0 Å². The summed E-state index contributed by atoms with van der Waals surface area (Å²) in [7, 11) is 1.19. The van der Waals surface area contributed by atoms with Crippen molar-refractivity contribution in [2.45, 2.75) is 24.8 Å². The number of halogens is 4. The lowest BCUT2D eigenvalue weighted by atomic mass is 9.93. The van der Waals surface area contributed by atoms with E-state index in [4.69, 9.17) is 4.74 Å². The number of carbonyl (C=O) groups excluding carboxylic acids is 2. The SMILES string of the molecule is CN1C(=O)c2c(O)c(=O)c(C(=O)NCc3c(F)cc(F)cc3F)cn2[C@H]2COCC[C@]21F. The van der Waals surface area contributed by atoms with Crippen molar-refractivity contribution in [2.75, 3.05) is 20.3 Å². The lowest BCUT2D eigenvalue weighted by Crippen LogP contribution is -2.60. The van der Waals surface area contributed by atoms with Crippen molar-refractivity contribution in [3.05, 3.63) is 62.8 Å². The van der Waals surface area contributed by atoms with Crippen LogP contribution in [0.15, 0.2) is 23.1 Å². The van der Waals surface area contributed by atoms with Gasteiger partial charge in [0.05, 0.1) is 13.2 Å². The Balaban J connectivity index is 1.72. The first-order valence-electron chi connectivity index (χ1n) is 9.50. The van der Waals surface area contributed by atoms with E-state index >= 15 is 4.39 Å². The summed E-state index contributed by atoms with van der Waals surface area (Å²) < 4.78 is 62.5. The second-order valence-corrected chi connectivity index (χ2v) is 7.53. The maximum absolute atomic E-state index is 15.6. The van der Waals surface area contributed by atoms with E-state index in [9.17, 15) is 32.7 Å². The Hall–Kier alpha value is -3.41. The second kappa shape index (κ2) is 7.62. The highest BCUT2D eigenvalue weighted by molar-refractivity contribution is 5.99. The van der Waals surface area contributed by atoms with E-state index in [-0.39, 0.29) is 19.6 Å². The van der Waals surface area contributed by atoms with Crippen molar-refractivity contribution >= 4 is 11.8 Å². The smallest absolute Gasteiger partial charge is 0.276 e. The molecule has 170 valence electrons. The minimum absolute atomic E-state index is 0.0360. The minimum Gasteiger partial charge on any atom is -0.503 e. The Morgan fingerprint density at radius 2 is 1.94 bits per heavy atom. The van der Waals surface area contributed by atoms with Gasteiger partial charge in [-0.1, -0.05) is 0 Å². The summed E-state index contributed by atoms with van der Waals surface area (Å²) >= 11 is 0. The largest absolute Gasteiger partial charge is 0.503 e. The highest BCUT2D eigenvalue weighted by atomic mass is 19.2. The Morgan fingerprint density at radius 3 is 2.59 bits per heavy atom. The molecular formula is C20H17F4N3O5. The number of hydrogen-bond acceptors (Lipinski definition) is 5. The van der Waals surface area contributed by atoms with Crippen molar-refractivity contribution in [2.24, 2.45) is 0 Å². The molecule has 2 aliphatic rings. The molecular weight excluding hydrogens is 438 g/mol. The number of nitrogens with one attached hydrogen (secondary N) is 1. The Labute approximate surface area is 178 Å². The third kappa shape index (κ3) is 3.22. The van der Waals surface area contributed by atoms with Crippen molar-refractivity contribution in [3.8, 4) is 5.75 Å². The molecule has 2 aliphatic heterocycles. The van der Waals surface area contributed by atoms with Crippen LogP contribution in [0.2, 0.25) is 0 Å². The van der Waals surface area contributed by atoms with Crippen LogP contribution in [0.25, 0.3) is 0 Å². The number of carbonyl (C=O) groups is 2. The monoisotopic (exact) mass is 455 g/mol. The molecule has 0 radical (unpaired) electrons. The summed E-state index contributed by atoms with van der Waals surface area (Å²) in [6, 6.07) is -0.300. The zero-order valence-electron chi connectivity index (χ0n) is 16.6. The van der Waals surface area contributed by atoms with Gasteiger partial charge in [0.2, 0.25) is 11.2 Å². The molecule has 0 unspecified atom stereocenters. The van der Waals surface area contributed by atoms with E-state index in [2.05, 4.69) is 5.32 Å². The Kier molecular flexibility index (Phi) is 5.19. The van der Waals surface area contributed by atoms with Crippen molar-refractivity contribution in [1.29, 1.82) is 0 Å². The molecule has 32 heavy (non-hydrogen) atoms. The highest BCUT2D eigenvalue weighted by Crippen LogP contribution is 2.43. The zero-order chi connectivity index (χ0) is 23.4. The molecule has 1 aromatic carbocycles. The molecule has 1 saturated heterocycles. The molecule has 2 N–H and O–H groups in total. The predicted molar refractivity (Wildman–Crippen MR) is 100 cm³/mol. The number of hydrogen-bond donors (Lipinski definition) is 2. The molecule has 1 aromatic heterocycles. The summed E-state index contributed by atoms with van der Waals surface area (Å²) in [5.74, 6) is -8.99. The van der Waals surface area contributed by atoms with Gasteiger partial charge in [0.1, 0.15) is 29.1 Å². The Morgan fingerprint density at radius 1 is 1.28 bits per heavy atom. The van der Waals surface area contributed by atoms with Gasteiger partial charge in [-0.05, 0) is 0 Å². The first kappa shape index (κ1) is 21.8. The summed E-state index contributed by atoms with van der Waals surface area (Å²) in [5, 5.41) is 12.5. The van der Waals surface area contributed by atoms with Gasteiger partial charge in [0.15, 0.2) is 11.4 Å².